The molecule has 0 spiro atoms. The molecule has 2 aliphatic rings. The molecule has 1 fully saturated rings. The van der Waals surface area contributed by atoms with Crippen molar-refractivity contribution in [2.45, 2.75) is 45.2 Å². The Kier molecular flexibility index (Phi) is 6.68. The minimum atomic E-state index is 0.0799. The first-order valence-electron chi connectivity index (χ1n) is 12.5. The second-order valence-electron chi connectivity index (χ2n) is 9.66. The lowest BCUT2D eigenvalue weighted by molar-refractivity contribution is 0.0734. The van der Waals surface area contributed by atoms with Gasteiger partial charge in [-0.05, 0) is 91.2 Å². The van der Waals surface area contributed by atoms with E-state index in [4.69, 9.17) is 4.74 Å². The predicted molar refractivity (Wildman–Crippen MR) is 137 cm³/mol. The molecule has 4 heteroatoms. The molecule has 0 radical (unpaired) electrons. The van der Waals surface area contributed by atoms with Crippen LogP contribution < -0.4 is 4.74 Å². The molecule has 0 aromatic heterocycles. The van der Waals surface area contributed by atoms with Crippen LogP contribution in [0.2, 0.25) is 0 Å². The molecule has 34 heavy (non-hydrogen) atoms. The molecule has 3 aromatic carbocycles. The Bertz CT molecular complexity index is 1140. The highest BCUT2D eigenvalue weighted by atomic mass is 16.5. The maximum Gasteiger partial charge on any atom is 0.254 e. The zero-order chi connectivity index (χ0) is 23.5. The van der Waals surface area contributed by atoms with E-state index < -0.39 is 0 Å². The average Bonchev–Trinajstić information content (AvgIpc) is 3.31. The van der Waals surface area contributed by atoms with Crippen molar-refractivity contribution in [3.05, 3.63) is 89.0 Å². The normalized spacial score (nSPS) is 18.1. The van der Waals surface area contributed by atoms with Crippen molar-refractivity contribution in [1.29, 1.82) is 0 Å². The van der Waals surface area contributed by atoms with Crippen LogP contribution in [-0.4, -0.2) is 48.5 Å². The zero-order valence-electron chi connectivity index (χ0n) is 20.3. The Morgan fingerprint density at radius 3 is 2.41 bits per heavy atom. The Morgan fingerprint density at radius 2 is 1.71 bits per heavy atom. The van der Waals surface area contributed by atoms with Gasteiger partial charge in [-0.2, -0.15) is 0 Å². The maximum atomic E-state index is 13.0. The number of nitrogens with zero attached hydrogens (tertiary/aromatic N) is 2. The van der Waals surface area contributed by atoms with Crippen LogP contribution in [0.25, 0.3) is 11.1 Å². The molecular formula is C30H34N2O2. The third-order valence-electron chi connectivity index (χ3n) is 7.51. The van der Waals surface area contributed by atoms with Crippen molar-refractivity contribution in [3.63, 3.8) is 0 Å². The van der Waals surface area contributed by atoms with E-state index in [1.807, 2.05) is 29.2 Å². The lowest BCUT2D eigenvalue weighted by atomic mass is 9.94. The lowest BCUT2D eigenvalue weighted by Crippen LogP contribution is -2.35. The van der Waals surface area contributed by atoms with Crippen LogP contribution in [-0.2, 0) is 19.4 Å². The van der Waals surface area contributed by atoms with Crippen molar-refractivity contribution in [2.24, 2.45) is 0 Å². The van der Waals surface area contributed by atoms with Gasteiger partial charge >= 0.3 is 0 Å². The number of methoxy groups -OCH3 is 1. The lowest BCUT2D eigenvalue weighted by Gasteiger charge is -2.29. The Hall–Kier alpha value is -3.11. The number of fused-ring (bicyclic) bond motifs is 1. The van der Waals surface area contributed by atoms with E-state index >= 15 is 0 Å². The van der Waals surface area contributed by atoms with Gasteiger partial charge in [0.2, 0.25) is 0 Å². The van der Waals surface area contributed by atoms with E-state index in [1.54, 1.807) is 7.11 Å². The Labute approximate surface area is 203 Å². The topological polar surface area (TPSA) is 32.8 Å². The van der Waals surface area contributed by atoms with E-state index in [0.717, 1.165) is 37.7 Å². The third-order valence-corrected chi connectivity index (χ3v) is 7.51. The van der Waals surface area contributed by atoms with Crippen LogP contribution in [0.5, 0.6) is 5.75 Å². The minimum absolute atomic E-state index is 0.0799. The van der Waals surface area contributed by atoms with Gasteiger partial charge in [0, 0.05) is 31.2 Å². The van der Waals surface area contributed by atoms with Gasteiger partial charge < -0.3 is 14.5 Å². The second-order valence-corrected chi connectivity index (χ2v) is 9.66. The van der Waals surface area contributed by atoms with Crippen LogP contribution in [0.1, 0.15) is 46.8 Å². The smallest absolute Gasteiger partial charge is 0.254 e. The number of carbonyl (C=O) groups is 1. The Morgan fingerprint density at radius 1 is 0.941 bits per heavy atom. The summed E-state index contributed by atoms with van der Waals surface area (Å²) in [5.41, 5.74) is 7.23. The highest BCUT2D eigenvalue weighted by molar-refractivity contribution is 5.94. The number of likely N-dealkylation sites (tertiary alicyclic amines) is 1. The first-order chi connectivity index (χ1) is 16.6. The monoisotopic (exact) mass is 454 g/mol. The number of amides is 1. The fraction of sp³-hybridized carbons (Fsp3) is 0.367. The maximum absolute atomic E-state index is 13.0. The van der Waals surface area contributed by atoms with Crippen molar-refractivity contribution in [2.75, 3.05) is 26.7 Å². The summed E-state index contributed by atoms with van der Waals surface area (Å²) in [7, 11) is 1.64. The van der Waals surface area contributed by atoms with Gasteiger partial charge in [-0.3, -0.25) is 4.79 Å². The third kappa shape index (κ3) is 4.88. The molecular weight excluding hydrogens is 420 g/mol. The summed E-state index contributed by atoms with van der Waals surface area (Å²) in [6, 6.07) is 23.9. The number of rotatable bonds is 6. The van der Waals surface area contributed by atoms with Crippen molar-refractivity contribution in [1.82, 2.24) is 9.80 Å². The molecule has 0 bridgehead atoms. The SMILES string of the molecule is COc1ccc(C(=O)N2CCc3cc(-c4ccc(CCN5CCCC5C)cc4)ccc3C2)cc1. The number of ether oxygens (including phenoxy) is 1. The average molecular weight is 455 g/mol. The first-order valence-corrected chi connectivity index (χ1v) is 12.5. The molecule has 0 aliphatic carbocycles. The van der Waals surface area contributed by atoms with E-state index in [0.29, 0.717) is 12.1 Å². The second kappa shape index (κ2) is 10.0. The summed E-state index contributed by atoms with van der Waals surface area (Å²) in [6.45, 7) is 6.16. The van der Waals surface area contributed by atoms with Crippen molar-refractivity contribution < 1.29 is 9.53 Å². The number of benzene rings is 3. The molecule has 0 N–H and O–H groups in total. The molecule has 2 heterocycles. The summed E-state index contributed by atoms with van der Waals surface area (Å²) in [5.74, 6) is 0.846. The Balaban J connectivity index is 1.23. The predicted octanol–water partition coefficient (Wildman–Crippen LogP) is 5.59. The van der Waals surface area contributed by atoms with Gasteiger partial charge in [-0.15, -0.1) is 0 Å². The van der Waals surface area contributed by atoms with Gasteiger partial charge in [0.1, 0.15) is 5.75 Å². The van der Waals surface area contributed by atoms with Crippen LogP contribution in [0, 0.1) is 0 Å². The van der Waals surface area contributed by atoms with Crippen LogP contribution in [0.3, 0.4) is 0 Å². The molecule has 0 saturated carbocycles. The quantitative estimate of drug-likeness (QED) is 0.487. The fourth-order valence-corrected chi connectivity index (χ4v) is 5.28. The standard InChI is InChI=1S/C30H34N2O2/c1-22-4-3-17-31(22)18-15-23-5-7-24(8-6-23)26-9-10-28-21-32(19-16-27(28)20-26)30(33)25-11-13-29(34-2)14-12-25/h5-14,20,22H,3-4,15-19,21H2,1-2H3. The van der Waals surface area contributed by atoms with Gasteiger partial charge in [-0.1, -0.05) is 42.5 Å². The van der Waals surface area contributed by atoms with Gasteiger partial charge in [-0.25, -0.2) is 0 Å². The molecule has 4 nitrogen and oxygen atoms in total. The molecule has 5 rings (SSSR count). The van der Waals surface area contributed by atoms with Crippen molar-refractivity contribution >= 4 is 5.91 Å². The van der Waals surface area contributed by atoms with E-state index in [2.05, 4.69) is 54.3 Å². The molecule has 1 unspecified atom stereocenters. The summed E-state index contributed by atoms with van der Waals surface area (Å²) >= 11 is 0. The zero-order valence-corrected chi connectivity index (χ0v) is 20.3. The molecule has 1 saturated heterocycles. The molecule has 1 amide bonds. The summed E-state index contributed by atoms with van der Waals surface area (Å²) in [4.78, 5) is 17.5. The molecule has 3 aromatic rings. The van der Waals surface area contributed by atoms with Crippen molar-refractivity contribution in [3.8, 4) is 16.9 Å². The van der Waals surface area contributed by atoms with Crippen LogP contribution >= 0.6 is 0 Å². The van der Waals surface area contributed by atoms with Gasteiger partial charge in [0.05, 0.1) is 7.11 Å². The largest absolute Gasteiger partial charge is 0.497 e. The molecule has 2 aliphatic heterocycles. The summed E-state index contributed by atoms with van der Waals surface area (Å²) in [5, 5.41) is 0. The number of hydrogen-bond acceptors (Lipinski definition) is 3. The first kappa shape index (κ1) is 22.7. The number of hydrogen-bond donors (Lipinski definition) is 0. The van der Waals surface area contributed by atoms with E-state index in [1.165, 1.54) is 47.2 Å². The molecule has 1 atom stereocenters. The van der Waals surface area contributed by atoms with Crippen LogP contribution in [0.4, 0.5) is 0 Å². The van der Waals surface area contributed by atoms with E-state index in [-0.39, 0.29) is 5.91 Å². The van der Waals surface area contributed by atoms with Gasteiger partial charge in [0.15, 0.2) is 0 Å². The highest BCUT2D eigenvalue weighted by Crippen LogP contribution is 2.28. The summed E-state index contributed by atoms with van der Waals surface area (Å²) in [6.07, 6.45) is 4.68. The highest BCUT2D eigenvalue weighted by Gasteiger charge is 2.22. The van der Waals surface area contributed by atoms with Crippen LogP contribution in [0.15, 0.2) is 66.7 Å². The van der Waals surface area contributed by atoms with E-state index in [9.17, 15) is 4.79 Å². The number of carbonyl (C=O) groups excluding carboxylic acids is 1. The molecule has 176 valence electrons. The fourth-order valence-electron chi connectivity index (χ4n) is 5.28. The van der Waals surface area contributed by atoms with Gasteiger partial charge in [0.25, 0.3) is 5.91 Å². The minimum Gasteiger partial charge on any atom is -0.497 e. The summed E-state index contributed by atoms with van der Waals surface area (Å²) < 4.78 is 5.21.